The highest BCUT2D eigenvalue weighted by molar-refractivity contribution is 5.94. The number of amides is 1. The van der Waals surface area contributed by atoms with Gasteiger partial charge < -0.3 is 23.8 Å². The van der Waals surface area contributed by atoms with Crippen molar-refractivity contribution in [3.05, 3.63) is 42.4 Å². The van der Waals surface area contributed by atoms with E-state index in [4.69, 9.17) is 18.9 Å². The number of benzene rings is 1. The summed E-state index contributed by atoms with van der Waals surface area (Å²) in [5.41, 5.74) is 1.85. The summed E-state index contributed by atoms with van der Waals surface area (Å²) < 4.78 is 23.5. The van der Waals surface area contributed by atoms with E-state index in [-0.39, 0.29) is 12.0 Å². The van der Waals surface area contributed by atoms with Crippen molar-refractivity contribution in [2.45, 2.75) is 12.5 Å². The first-order chi connectivity index (χ1) is 15.5. The summed E-state index contributed by atoms with van der Waals surface area (Å²) >= 11 is 0. The highest BCUT2D eigenvalue weighted by Crippen LogP contribution is 2.33. The first kappa shape index (κ1) is 21.4. The molecule has 0 N–H and O–H groups in total. The summed E-state index contributed by atoms with van der Waals surface area (Å²) in [5, 5.41) is 4.53. The molecular formula is C22H25N5O5. The molecule has 1 atom stereocenters. The van der Waals surface area contributed by atoms with Gasteiger partial charge in [0.05, 0.1) is 33.6 Å². The van der Waals surface area contributed by atoms with Gasteiger partial charge in [0.1, 0.15) is 23.3 Å². The molecule has 1 aliphatic heterocycles. The fourth-order valence-corrected chi connectivity index (χ4v) is 3.68. The number of hydrogen-bond donors (Lipinski definition) is 0. The fourth-order valence-electron chi connectivity index (χ4n) is 3.68. The average Bonchev–Trinajstić information content (AvgIpc) is 3.45. The Kier molecular flexibility index (Phi) is 6.11. The van der Waals surface area contributed by atoms with E-state index in [9.17, 15) is 4.79 Å². The summed E-state index contributed by atoms with van der Waals surface area (Å²) in [7, 11) is 6.45. The van der Waals surface area contributed by atoms with Crippen molar-refractivity contribution in [2.24, 2.45) is 7.05 Å². The van der Waals surface area contributed by atoms with Crippen molar-refractivity contribution < 1.29 is 23.7 Å². The smallest absolute Gasteiger partial charge is 0.278 e. The topological polar surface area (TPSA) is 101 Å². The van der Waals surface area contributed by atoms with Gasteiger partial charge in [0.25, 0.3) is 17.7 Å². The van der Waals surface area contributed by atoms with Crippen LogP contribution in [-0.2, 0) is 7.05 Å². The average molecular weight is 439 g/mol. The van der Waals surface area contributed by atoms with Gasteiger partial charge >= 0.3 is 0 Å². The number of likely N-dealkylation sites (tertiary alicyclic amines) is 1. The Bertz CT molecular complexity index is 1120. The largest absolute Gasteiger partial charge is 0.497 e. The van der Waals surface area contributed by atoms with Gasteiger partial charge in [-0.2, -0.15) is 5.10 Å². The molecule has 2 aromatic heterocycles. The molecule has 1 unspecified atom stereocenters. The van der Waals surface area contributed by atoms with E-state index >= 15 is 0 Å². The maximum absolute atomic E-state index is 13.2. The highest BCUT2D eigenvalue weighted by atomic mass is 16.5. The van der Waals surface area contributed by atoms with Gasteiger partial charge in [0.15, 0.2) is 0 Å². The number of methoxy groups -OCH3 is 3. The van der Waals surface area contributed by atoms with Crippen molar-refractivity contribution in [3.8, 4) is 34.5 Å². The van der Waals surface area contributed by atoms with E-state index in [1.54, 1.807) is 43.1 Å². The molecule has 32 heavy (non-hydrogen) atoms. The summed E-state index contributed by atoms with van der Waals surface area (Å²) in [6.45, 7) is 0.997. The molecule has 10 nitrogen and oxygen atoms in total. The van der Waals surface area contributed by atoms with Crippen LogP contribution in [-0.4, -0.2) is 71.1 Å². The van der Waals surface area contributed by atoms with Crippen LogP contribution in [0.25, 0.3) is 11.3 Å². The van der Waals surface area contributed by atoms with Crippen molar-refractivity contribution >= 4 is 5.91 Å². The molecule has 1 fully saturated rings. The molecule has 1 amide bonds. The molecule has 1 saturated heterocycles. The maximum atomic E-state index is 13.2. The van der Waals surface area contributed by atoms with Gasteiger partial charge in [-0.3, -0.25) is 9.48 Å². The zero-order chi connectivity index (χ0) is 22.7. The number of nitrogens with zero attached hydrogens (tertiary/aromatic N) is 5. The Labute approximate surface area is 185 Å². The monoisotopic (exact) mass is 439 g/mol. The Morgan fingerprint density at radius 3 is 2.53 bits per heavy atom. The Hall–Kier alpha value is -3.82. The van der Waals surface area contributed by atoms with Crippen LogP contribution in [0.4, 0.5) is 0 Å². The molecular weight excluding hydrogens is 414 g/mol. The van der Waals surface area contributed by atoms with E-state index in [2.05, 4.69) is 15.1 Å². The number of carbonyl (C=O) groups excluding carboxylic acids is 1. The van der Waals surface area contributed by atoms with Crippen LogP contribution >= 0.6 is 0 Å². The summed E-state index contributed by atoms with van der Waals surface area (Å²) in [5.74, 6) is 1.85. The fraction of sp³-hybridized carbons (Fsp3) is 0.364. The first-order valence-corrected chi connectivity index (χ1v) is 10.1. The van der Waals surface area contributed by atoms with E-state index < -0.39 is 0 Å². The number of aromatic nitrogens is 4. The zero-order valence-electron chi connectivity index (χ0n) is 18.4. The molecule has 0 saturated carbocycles. The van der Waals surface area contributed by atoms with Crippen molar-refractivity contribution in [2.75, 3.05) is 34.4 Å². The minimum Gasteiger partial charge on any atom is -0.497 e. The van der Waals surface area contributed by atoms with Crippen LogP contribution in [0.15, 0.2) is 36.7 Å². The molecule has 3 aromatic rings. The van der Waals surface area contributed by atoms with E-state index in [0.29, 0.717) is 54.2 Å². The Balaban J connectivity index is 1.51. The third kappa shape index (κ3) is 4.16. The molecule has 4 rings (SSSR count). The van der Waals surface area contributed by atoms with Gasteiger partial charge in [-0.25, -0.2) is 9.97 Å². The lowest BCUT2D eigenvalue weighted by atomic mass is 10.1. The molecule has 10 heteroatoms. The van der Waals surface area contributed by atoms with Crippen molar-refractivity contribution in [3.63, 3.8) is 0 Å². The molecule has 0 spiro atoms. The second-order valence-electron chi connectivity index (χ2n) is 7.26. The van der Waals surface area contributed by atoms with Gasteiger partial charge in [0.2, 0.25) is 0 Å². The summed E-state index contributed by atoms with van der Waals surface area (Å²) in [4.78, 5) is 23.2. The Morgan fingerprint density at radius 1 is 1.03 bits per heavy atom. The normalized spacial score (nSPS) is 15.5. The lowest BCUT2D eigenvalue weighted by Crippen LogP contribution is -2.32. The standard InChI is InChI=1S/C22H25N5O5/c1-26-18(12-17(25-26)16-11-14(29-2)5-6-19(16)30-3)22(28)27-10-7-15(13-27)32-21-20(31-4)23-8-9-24-21/h5-6,8-9,11-12,15H,7,10,13H2,1-4H3. The number of aryl methyl sites for hydroxylation is 1. The van der Waals surface area contributed by atoms with E-state index in [0.717, 1.165) is 5.56 Å². The van der Waals surface area contributed by atoms with Crippen LogP contribution in [0.2, 0.25) is 0 Å². The zero-order valence-corrected chi connectivity index (χ0v) is 18.4. The lowest BCUT2D eigenvalue weighted by molar-refractivity contribution is 0.0759. The van der Waals surface area contributed by atoms with Crippen molar-refractivity contribution in [1.29, 1.82) is 0 Å². The third-order valence-electron chi connectivity index (χ3n) is 5.32. The molecule has 1 aliphatic rings. The van der Waals surface area contributed by atoms with Crippen LogP contribution in [0.5, 0.6) is 23.3 Å². The van der Waals surface area contributed by atoms with E-state index in [1.807, 2.05) is 18.2 Å². The van der Waals surface area contributed by atoms with Gasteiger partial charge in [-0.15, -0.1) is 0 Å². The first-order valence-electron chi connectivity index (χ1n) is 10.1. The molecule has 3 heterocycles. The van der Waals surface area contributed by atoms with E-state index in [1.165, 1.54) is 13.3 Å². The van der Waals surface area contributed by atoms with Gasteiger partial charge in [-0.05, 0) is 24.3 Å². The molecule has 0 aliphatic carbocycles. The quantitative estimate of drug-likeness (QED) is 0.552. The number of hydrogen-bond acceptors (Lipinski definition) is 8. The van der Waals surface area contributed by atoms with Crippen molar-refractivity contribution in [1.82, 2.24) is 24.6 Å². The minimum absolute atomic E-state index is 0.120. The SMILES string of the molecule is COc1ccc(OC)c(-c2cc(C(=O)N3CCC(Oc4nccnc4OC)C3)n(C)n2)c1. The summed E-state index contributed by atoms with van der Waals surface area (Å²) in [6.07, 6.45) is 3.56. The number of rotatable bonds is 7. The van der Waals surface area contributed by atoms with Crippen LogP contribution < -0.4 is 18.9 Å². The molecule has 0 bridgehead atoms. The highest BCUT2D eigenvalue weighted by Gasteiger charge is 2.31. The second kappa shape index (κ2) is 9.13. The number of carbonyl (C=O) groups is 1. The van der Waals surface area contributed by atoms with Crippen LogP contribution in [0.3, 0.4) is 0 Å². The third-order valence-corrected chi connectivity index (χ3v) is 5.32. The van der Waals surface area contributed by atoms with Gasteiger partial charge in [-0.1, -0.05) is 0 Å². The molecule has 1 aromatic carbocycles. The maximum Gasteiger partial charge on any atom is 0.278 e. The number of ether oxygens (including phenoxy) is 4. The predicted octanol–water partition coefficient (Wildman–Crippen LogP) is 2.20. The molecule has 0 radical (unpaired) electrons. The minimum atomic E-state index is -0.198. The summed E-state index contributed by atoms with van der Waals surface area (Å²) in [6, 6.07) is 7.23. The Morgan fingerprint density at radius 2 is 1.81 bits per heavy atom. The molecule has 168 valence electrons. The van der Waals surface area contributed by atoms with Crippen LogP contribution in [0.1, 0.15) is 16.9 Å². The van der Waals surface area contributed by atoms with Crippen LogP contribution in [0, 0.1) is 0 Å². The predicted molar refractivity (Wildman–Crippen MR) is 115 cm³/mol. The lowest BCUT2D eigenvalue weighted by Gasteiger charge is -2.17. The van der Waals surface area contributed by atoms with Gasteiger partial charge in [0, 0.05) is 38.0 Å². The second-order valence-corrected chi connectivity index (χ2v) is 7.26.